The Balaban J connectivity index is 1.96. The van der Waals surface area contributed by atoms with Crippen LogP contribution < -0.4 is 16.7 Å². The normalized spacial score (nSPS) is 10.3. The van der Waals surface area contributed by atoms with Crippen LogP contribution in [0.3, 0.4) is 0 Å². The van der Waals surface area contributed by atoms with Crippen molar-refractivity contribution in [3.63, 3.8) is 0 Å². The molecule has 0 atom stereocenters. The molecule has 0 aliphatic carbocycles. The summed E-state index contributed by atoms with van der Waals surface area (Å²) in [5, 5.41) is 12.0. The van der Waals surface area contributed by atoms with Crippen molar-refractivity contribution in [3.05, 3.63) is 52.4 Å². The first-order valence-corrected chi connectivity index (χ1v) is 5.94. The Kier molecular flexibility index (Phi) is 2.66. The van der Waals surface area contributed by atoms with Gasteiger partial charge in [-0.15, -0.1) is 0 Å². The summed E-state index contributed by atoms with van der Waals surface area (Å²) < 4.78 is 0. The van der Waals surface area contributed by atoms with Gasteiger partial charge in [0, 0.05) is 5.69 Å². The molecule has 0 aliphatic rings. The monoisotopic (exact) mass is 265 g/mol. The third-order valence-corrected chi connectivity index (χ3v) is 2.98. The molecule has 0 radical (unpaired) electrons. The lowest BCUT2D eigenvalue weighted by Crippen LogP contribution is -1.99. The van der Waals surface area contributed by atoms with Crippen LogP contribution in [-0.2, 0) is 0 Å². The summed E-state index contributed by atoms with van der Waals surface area (Å²) in [6.07, 6.45) is 0. The molecule has 0 aliphatic heterocycles. The highest BCUT2D eigenvalue weighted by Crippen LogP contribution is 2.25. The van der Waals surface area contributed by atoms with Gasteiger partial charge < -0.3 is 21.0 Å². The third kappa shape index (κ3) is 2.08. The number of anilines is 3. The third-order valence-electron chi connectivity index (χ3n) is 2.98. The van der Waals surface area contributed by atoms with E-state index in [1.807, 2.05) is 18.2 Å². The first kappa shape index (κ1) is 11.9. The molecule has 0 bridgehead atoms. The predicted molar refractivity (Wildman–Crippen MR) is 77.8 cm³/mol. The van der Waals surface area contributed by atoms with Gasteiger partial charge in [0.1, 0.15) is 0 Å². The van der Waals surface area contributed by atoms with Crippen LogP contribution in [0.1, 0.15) is 5.56 Å². The molecule has 3 rings (SSSR count). The lowest BCUT2D eigenvalue weighted by Gasteiger charge is -2.09. The number of aromatic nitrogens is 2. The Morgan fingerprint density at radius 3 is 2.65 bits per heavy atom. The summed E-state index contributed by atoms with van der Waals surface area (Å²) in [6, 6.07) is 12.5. The average molecular weight is 265 g/mol. The molecule has 0 unspecified atom stereocenters. The molecular weight excluding hydrogens is 254 g/mol. The highest BCUT2D eigenvalue weighted by molar-refractivity contribution is 5.82. The Hall–Kier alpha value is -3.20. The standard InChI is InChI=1S/C14H11N5O/c15-7-8-1-3-11(10(16)5-8)17-9-2-4-12-13(6-9)19-14(20)18-12/h1-6,17H,16H2,(H2,18,19,20). The summed E-state index contributed by atoms with van der Waals surface area (Å²) in [4.78, 5) is 16.6. The van der Waals surface area contributed by atoms with Gasteiger partial charge in [-0.1, -0.05) is 0 Å². The minimum absolute atomic E-state index is 0.241. The van der Waals surface area contributed by atoms with Gasteiger partial charge in [0.2, 0.25) is 0 Å². The van der Waals surface area contributed by atoms with E-state index in [2.05, 4.69) is 15.3 Å². The number of fused-ring (bicyclic) bond motifs is 1. The second-order valence-electron chi connectivity index (χ2n) is 4.38. The number of hydrogen-bond acceptors (Lipinski definition) is 4. The minimum Gasteiger partial charge on any atom is -0.397 e. The van der Waals surface area contributed by atoms with Crippen molar-refractivity contribution in [1.29, 1.82) is 5.26 Å². The second kappa shape index (κ2) is 4.48. The maximum absolute atomic E-state index is 11.2. The lowest BCUT2D eigenvalue weighted by molar-refractivity contribution is 1.22. The Labute approximate surface area is 113 Å². The zero-order valence-corrected chi connectivity index (χ0v) is 10.4. The number of nitrogens with zero attached hydrogens (tertiary/aromatic N) is 1. The fraction of sp³-hybridized carbons (Fsp3) is 0. The van der Waals surface area contributed by atoms with Crippen LogP contribution in [0.5, 0.6) is 0 Å². The van der Waals surface area contributed by atoms with Gasteiger partial charge in [0.25, 0.3) is 0 Å². The summed E-state index contributed by atoms with van der Waals surface area (Å²) >= 11 is 0. The number of nitrogens with one attached hydrogen (secondary N) is 3. The molecule has 98 valence electrons. The lowest BCUT2D eigenvalue weighted by atomic mass is 10.2. The zero-order chi connectivity index (χ0) is 14.1. The van der Waals surface area contributed by atoms with Gasteiger partial charge in [-0.05, 0) is 36.4 Å². The van der Waals surface area contributed by atoms with E-state index in [1.54, 1.807) is 24.3 Å². The van der Waals surface area contributed by atoms with Gasteiger partial charge in [0.05, 0.1) is 34.0 Å². The molecule has 3 aromatic rings. The second-order valence-corrected chi connectivity index (χ2v) is 4.38. The molecule has 20 heavy (non-hydrogen) atoms. The van der Waals surface area contributed by atoms with Gasteiger partial charge >= 0.3 is 5.69 Å². The maximum Gasteiger partial charge on any atom is 0.323 e. The van der Waals surface area contributed by atoms with Gasteiger partial charge in [0.15, 0.2) is 0 Å². The van der Waals surface area contributed by atoms with Crippen molar-refractivity contribution < 1.29 is 0 Å². The van der Waals surface area contributed by atoms with Gasteiger partial charge in [-0.25, -0.2) is 4.79 Å². The van der Waals surface area contributed by atoms with Crippen molar-refractivity contribution in [1.82, 2.24) is 9.97 Å². The number of imidazole rings is 1. The predicted octanol–water partition coefficient (Wildman–Crippen LogP) is 2.05. The van der Waals surface area contributed by atoms with Crippen LogP contribution in [0.4, 0.5) is 17.1 Å². The molecule has 6 nitrogen and oxygen atoms in total. The number of nitrogen functional groups attached to an aromatic ring is 1. The molecule has 0 saturated heterocycles. The van der Waals surface area contributed by atoms with Gasteiger partial charge in [-0.3, -0.25) is 0 Å². The smallest absolute Gasteiger partial charge is 0.323 e. The van der Waals surface area contributed by atoms with Crippen molar-refractivity contribution in [3.8, 4) is 6.07 Å². The van der Waals surface area contributed by atoms with Crippen molar-refractivity contribution in [2.75, 3.05) is 11.1 Å². The number of nitrogens with two attached hydrogens (primary N) is 1. The number of rotatable bonds is 2. The highest BCUT2D eigenvalue weighted by atomic mass is 16.1. The average Bonchev–Trinajstić information content (AvgIpc) is 2.80. The van der Waals surface area contributed by atoms with Crippen LogP contribution in [0.15, 0.2) is 41.2 Å². The number of aromatic amines is 2. The molecular formula is C14H11N5O. The first-order valence-electron chi connectivity index (χ1n) is 5.94. The van der Waals surface area contributed by atoms with Crippen LogP contribution >= 0.6 is 0 Å². The SMILES string of the molecule is N#Cc1ccc(Nc2ccc3[nH]c(=O)[nH]c3c2)c(N)c1. The minimum atomic E-state index is -0.241. The molecule has 0 amide bonds. The molecule has 0 spiro atoms. The van der Waals surface area contributed by atoms with Crippen LogP contribution in [0, 0.1) is 11.3 Å². The molecule has 0 saturated carbocycles. The van der Waals surface area contributed by atoms with Gasteiger partial charge in [-0.2, -0.15) is 5.26 Å². The number of H-pyrrole nitrogens is 2. The van der Waals surface area contributed by atoms with E-state index in [4.69, 9.17) is 11.0 Å². The van der Waals surface area contributed by atoms with Crippen LogP contribution in [0.25, 0.3) is 11.0 Å². The van der Waals surface area contributed by atoms with E-state index >= 15 is 0 Å². The maximum atomic E-state index is 11.2. The molecule has 1 aromatic heterocycles. The summed E-state index contributed by atoms with van der Waals surface area (Å²) in [5.41, 5.74) is 9.61. The number of hydrogen-bond donors (Lipinski definition) is 4. The molecule has 1 heterocycles. The largest absolute Gasteiger partial charge is 0.397 e. The number of nitriles is 1. The molecule has 0 fully saturated rings. The highest BCUT2D eigenvalue weighted by Gasteiger charge is 2.03. The fourth-order valence-electron chi connectivity index (χ4n) is 2.01. The summed E-state index contributed by atoms with van der Waals surface area (Å²) in [6.45, 7) is 0. The Morgan fingerprint density at radius 2 is 1.90 bits per heavy atom. The summed E-state index contributed by atoms with van der Waals surface area (Å²) in [7, 11) is 0. The van der Waals surface area contributed by atoms with E-state index in [-0.39, 0.29) is 5.69 Å². The van der Waals surface area contributed by atoms with Crippen LogP contribution in [-0.4, -0.2) is 9.97 Å². The Morgan fingerprint density at radius 1 is 1.10 bits per heavy atom. The Bertz CT molecular complexity index is 884. The van der Waals surface area contributed by atoms with Crippen LogP contribution in [0.2, 0.25) is 0 Å². The number of benzene rings is 2. The molecule has 6 heteroatoms. The van der Waals surface area contributed by atoms with E-state index < -0.39 is 0 Å². The topological polar surface area (TPSA) is 110 Å². The molecule has 2 aromatic carbocycles. The van der Waals surface area contributed by atoms with Crippen molar-refractivity contribution >= 4 is 28.1 Å². The van der Waals surface area contributed by atoms with E-state index in [9.17, 15) is 4.79 Å². The van der Waals surface area contributed by atoms with Crippen molar-refractivity contribution in [2.24, 2.45) is 0 Å². The van der Waals surface area contributed by atoms with E-state index in [1.165, 1.54) is 0 Å². The first-order chi connectivity index (χ1) is 9.65. The summed E-state index contributed by atoms with van der Waals surface area (Å²) in [5.74, 6) is 0. The van der Waals surface area contributed by atoms with E-state index in [0.717, 1.165) is 11.2 Å². The quantitative estimate of drug-likeness (QED) is 0.531. The van der Waals surface area contributed by atoms with E-state index in [0.29, 0.717) is 22.5 Å². The van der Waals surface area contributed by atoms with Crippen molar-refractivity contribution in [2.45, 2.75) is 0 Å². The molecule has 5 N–H and O–H groups in total. The fourth-order valence-corrected chi connectivity index (χ4v) is 2.01. The zero-order valence-electron chi connectivity index (χ0n) is 10.4.